The zero-order valence-electron chi connectivity index (χ0n) is 11.0. The van der Waals surface area contributed by atoms with Gasteiger partial charge >= 0.3 is 0 Å². The lowest BCUT2D eigenvalue weighted by Gasteiger charge is -2.29. The summed E-state index contributed by atoms with van der Waals surface area (Å²) in [7, 11) is 0. The number of aryl methyl sites for hydroxylation is 1. The Kier molecular flexibility index (Phi) is 3.46. The molecule has 0 saturated carbocycles. The van der Waals surface area contributed by atoms with Gasteiger partial charge in [0.2, 0.25) is 0 Å². The zero-order valence-corrected chi connectivity index (χ0v) is 11.0. The molecule has 1 aliphatic carbocycles. The van der Waals surface area contributed by atoms with Gasteiger partial charge in [-0.1, -0.05) is 0 Å². The van der Waals surface area contributed by atoms with Crippen LogP contribution >= 0.6 is 0 Å². The second kappa shape index (κ2) is 5.22. The van der Waals surface area contributed by atoms with Gasteiger partial charge < -0.3 is 10.1 Å². The van der Waals surface area contributed by atoms with Crippen LogP contribution in [-0.2, 0) is 17.6 Å². The van der Waals surface area contributed by atoms with Crippen molar-refractivity contribution >= 4 is 5.82 Å². The summed E-state index contributed by atoms with van der Waals surface area (Å²) >= 11 is 0. The molecule has 1 fully saturated rings. The third-order valence-corrected chi connectivity index (χ3v) is 4.21. The predicted octanol–water partition coefficient (Wildman–Crippen LogP) is 2.19. The lowest BCUT2D eigenvalue weighted by Crippen LogP contribution is -2.31. The van der Waals surface area contributed by atoms with Crippen LogP contribution < -0.4 is 5.32 Å². The second-order valence-electron chi connectivity index (χ2n) is 5.38. The highest BCUT2D eigenvalue weighted by atomic mass is 16.5. The average molecular weight is 247 g/mol. The van der Waals surface area contributed by atoms with Crippen molar-refractivity contribution in [1.29, 1.82) is 0 Å². The van der Waals surface area contributed by atoms with Crippen molar-refractivity contribution in [1.82, 2.24) is 9.97 Å². The highest BCUT2D eigenvalue weighted by molar-refractivity contribution is 5.48. The van der Waals surface area contributed by atoms with Gasteiger partial charge in [0.15, 0.2) is 0 Å². The highest BCUT2D eigenvalue weighted by Gasteiger charge is 2.23. The van der Waals surface area contributed by atoms with E-state index < -0.39 is 0 Å². The Labute approximate surface area is 108 Å². The number of rotatable bonds is 3. The lowest BCUT2D eigenvalue weighted by atomic mass is 9.93. The first-order valence-corrected chi connectivity index (χ1v) is 7.01. The first kappa shape index (κ1) is 11.9. The molecule has 4 heteroatoms. The molecule has 0 spiro atoms. The van der Waals surface area contributed by atoms with Gasteiger partial charge in [-0.3, -0.25) is 0 Å². The highest BCUT2D eigenvalue weighted by Crippen LogP contribution is 2.27. The summed E-state index contributed by atoms with van der Waals surface area (Å²) in [4.78, 5) is 8.80. The third-order valence-electron chi connectivity index (χ3n) is 4.21. The maximum atomic E-state index is 5.42. The summed E-state index contributed by atoms with van der Waals surface area (Å²) in [5.41, 5.74) is 2.59. The Morgan fingerprint density at radius 2 is 2.11 bits per heavy atom. The molecular formula is C14H21N3O. The van der Waals surface area contributed by atoms with Crippen molar-refractivity contribution < 1.29 is 4.74 Å². The van der Waals surface area contributed by atoms with Gasteiger partial charge in [0.25, 0.3) is 0 Å². The molecule has 1 unspecified atom stereocenters. The molecule has 1 atom stereocenters. The number of hydrogen-bond donors (Lipinski definition) is 1. The molecule has 0 aromatic carbocycles. The maximum Gasteiger partial charge on any atom is 0.133 e. The Hall–Kier alpha value is -1.16. The van der Waals surface area contributed by atoms with E-state index in [1.807, 2.05) is 0 Å². The first-order valence-electron chi connectivity index (χ1n) is 7.01. The standard InChI is InChI=1S/C14H21N3O/c1-10(11-5-7-18-8-6-11)17-14-12-3-2-4-13(12)15-9-16-14/h9-11H,2-8H2,1H3,(H,15,16,17). The third kappa shape index (κ3) is 2.34. The molecule has 2 heterocycles. The largest absolute Gasteiger partial charge is 0.381 e. The van der Waals surface area contributed by atoms with Crippen molar-refractivity contribution in [2.75, 3.05) is 18.5 Å². The van der Waals surface area contributed by atoms with Crippen molar-refractivity contribution in [2.24, 2.45) is 5.92 Å². The molecule has 1 saturated heterocycles. The molecular weight excluding hydrogens is 226 g/mol. The van der Waals surface area contributed by atoms with Gasteiger partial charge in [0.1, 0.15) is 12.1 Å². The minimum atomic E-state index is 0.466. The molecule has 1 aromatic heterocycles. The Bertz CT molecular complexity index is 416. The minimum absolute atomic E-state index is 0.466. The fraction of sp³-hybridized carbons (Fsp3) is 0.714. The fourth-order valence-corrected chi connectivity index (χ4v) is 3.03. The van der Waals surface area contributed by atoms with E-state index >= 15 is 0 Å². The summed E-state index contributed by atoms with van der Waals surface area (Å²) in [5.74, 6) is 1.77. The van der Waals surface area contributed by atoms with E-state index in [2.05, 4.69) is 22.2 Å². The van der Waals surface area contributed by atoms with Gasteiger partial charge in [0, 0.05) is 30.5 Å². The SMILES string of the molecule is CC(Nc1ncnc2c1CCC2)C1CCOCC1. The molecule has 1 N–H and O–H groups in total. The summed E-state index contributed by atoms with van der Waals surface area (Å²) < 4.78 is 5.42. The molecule has 3 rings (SSSR count). The van der Waals surface area contributed by atoms with Crippen LogP contribution in [0.15, 0.2) is 6.33 Å². The summed E-state index contributed by atoms with van der Waals surface area (Å²) in [5, 5.41) is 3.61. The van der Waals surface area contributed by atoms with Crippen LogP contribution in [0.1, 0.15) is 37.4 Å². The average Bonchev–Trinajstić information content (AvgIpc) is 2.89. The van der Waals surface area contributed by atoms with Crippen LogP contribution in [0.2, 0.25) is 0 Å². The van der Waals surface area contributed by atoms with Crippen LogP contribution in [0.25, 0.3) is 0 Å². The Balaban J connectivity index is 1.70. The summed E-state index contributed by atoms with van der Waals surface area (Å²) in [6.45, 7) is 4.07. The summed E-state index contributed by atoms with van der Waals surface area (Å²) in [6.07, 6.45) is 7.46. The van der Waals surface area contributed by atoms with Gasteiger partial charge in [-0.2, -0.15) is 0 Å². The predicted molar refractivity (Wildman–Crippen MR) is 70.7 cm³/mol. The number of anilines is 1. The maximum absolute atomic E-state index is 5.42. The number of aromatic nitrogens is 2. The normalized spacial score (nSPS) is 21.6. The number of nitrogens with zero attached hydrogens (tertiary/aromatic N) is 2. The molecule has 0 amide bonds. The topological polar surface area (TPSA) is 47.0 Å². The number of fused-ring (bicyclic) bond motifs is 1. The number of hydrogen-bond acceptors (Lipinski definition) is 4. The monoisotopic (exact) mass is 247 g/mol. The quantitative estimate of drug-likeness (QED) is 0.889. The Morgan fingerprint density at radius 3 is 2.94 bits per heavy atom. The fourth-order valence-electron chi connectivity index (χ4n) is 3.03. The number of ether oxygens (including phenoxy) is 1. The minimum Gasteiger partial charge on any atom is -0.381 e. The molecule has 1 aromatic rings. The van der Waals surface area contributed by atoms with Gasteiger partial charge in [-0.05, 0) is 44.9 Å². The van der Waals surface area contributed by atoms with Crippen LogP contribution in [0.4, 0.5) is 5.82 Å². The van der Waals surface area contributed by atoms with E-state index in [9.17, 15) is 0 Å². The van der Waals surface area contributed by atoms with E-state index in [1.54, 1.807) is 6.33 Å². The van der Waals surface area contributed by atoms with Crippen LogP contribution in [0, 0.1) is 5.92 Å². The molecule has 2 aliphatic rings. The first-order chi connectivity index (χ1) is 8.84. The zero-order chi connectivity index (χ0) is 12.4. The van der Waals surface area contributed by atoms with E-state index in [0.717, 1.165) is 44.7 Å². The van der Waals surface area contributed by atoms with Crippen molar-refractivity contribution in [3.8, 4) is 0 Å². The van der Waals surface area contributed by atoms with Crippen molar-refractivity contribution in [2.45, 2.75) is 45.1 Å². The van der Waals surface area contributed by atoms with Crippen molar-refractivity contribution in [3.05, 3.63) is 17.6 Å². The lowest BCUT2D eigenvalue weighted by molar-refractivity contribution is 0.0622. The molecule has 18 heavy (non-hydrogen) atoms. The second-order valence-corrected chi connectivity index (χ2v) is 5.38. The molecule has 0 bridgehead atoms. The molecule has 0 radical (unpaired) electrons. The van der Waals surface area contributed by atoms with E-state index in [0.29, 0.717) is 12.0 Å². The van der Waals surface area contributed by atoms with E-state index in [-0.39, 0.29) is 0 Å². The molecule has 98 valence electrons. The van der Waals surface area contributed by atoms with Crippen LogP contribution in [-0.4, -0.2) is 29.2 Å². The Morgan fingerprint density at radius 1 is 1.28 bits per heavy atom. The van der Waals surface area contributed by atoms with Crippen LogP contribution in [0.3, 0.4) is 0 Å². The molecule has 1 aliphatic heterocycles. The smallest absolute Gasteiger partial charge is 0.133 e. The van der Waals surface area contributed by atoms with E-state index in [1.165, 1.54) is 17.7 Å². The van der Waals surface area contributed by atoms with Crippen LogP contribution in [0.5, 0.6) is 0 Å². The van der Waals surface area contributed by atoms with Gasteiger partial charge in [-0.15, -0.1) is 0 Å². The summed E-state index contributed by atoms with van der Waals surface area (Å²) in [6, 6.07) is 0.466. The van der Waals surface area contributed by atoms with E-state index in [4.69, 9.17) is 4.74 Å². The molecule has 4 nitrogen and oxygen atoms in total. The number of nitrogens with one attached hydrogen (secondary N) is 1. The van der Waals surface area contributed by atoms with Crippen molar-refractivity contribution in [3.63, 3.8) is 0 Å². The van der Waals surface area contributed by atoms with Gasteiger partial charge in [-0.25, -0.2) is 9.97 Å². The van der Waals surface area contributed by atoms with Gasteiger partial charge in [0.05, 0.1) is 0 Å².